The van der Waals surface area contributed by atoms with E-state index in [4.69, 9.17) is 40.0 Å². The minimum absolute atomic E-state index is 0.0947. The first-order valence-corrected chi connectivity index (χ1v) is 16.1. The number of rotatable bonds is 15. The van der Waals surface area contributed by atoms with Gasteiger partial charge in [0, 0.05) is 11.1 Å². The third-order valence-electron chi connectivity index (χ3n) is 6.91. The number of hydrogen-bond acceptors (Lipinski definition) is 12. The Bertz CT molecular complexity index is 1500. The van der Waals surface area contributed by atoms with Gasteiger partial charge in [-0.25, -0.2) is 24.0 Å². The first kappa shape index (κ1) is 38.9. The topological polar surface area (TPSA) is 184 Å². The summed E-state index contributed by atoms with van der Waals surface area (Å²) >= 11 is 6.09. The van der Waals surface area contributed by atoms with Gasteiger partial charge in [0.15, 0.2) is 11.5 Å². The van der Waals surface area contributed by atoms with E-state index in [2.05, 4.69) is 0 Å². The molecular formula is C34H42ClNO13. The van der Waals surface area contributed by atoms with E-state index < -0.39 is 59.6 Å². The number of aliphatic hydroxyl groups is 1. The molecule has 1 amide bonds. The summed E-state index contributed by atoms with van der Waals surface area (Å²) in [6.45, 7) is 9.94. The van der Waals surface area contributed by atoms with Crippen LogP contribution in [0.1, 0.15) is 71.6 Å². The first-order valence-electron chi connectivity index (χ1n) is 15.7. The summed E-state index contributed by atoms with van der Waals surface area (Å²) in [5, 5.41) is 21.4. The number of carbonyl (C=O) groups is 5. The minimum atomic E-state index is -3.11. The Balaban J connectivity index is 1.84. The maximum atomic E-state index is 13.3. The lowest BCUT2D eigenvalue weighted by molar-refractivity contribution is -0.208. The van der Waals surface area contributed by atoms with E-state index in [0.717, 1.165) is 0 Å². The smallest absolute Gasteiger partial charge is 0.453 e. The van der Waals surface area contributed by atoms with Gasteiger partial charge in [0.05, 0.1) is 25.9 Å². The number of aliphatic hydroxyl groups excluding tert-OH is 1. The molecule has 0 aliphatic carbocycles. The Morgan fingerprint density at radius 1 is 0.939 bits per heavy atom. The van der Waals surface area contributed by atoms with Gasteiger partial charge < -0.3 is 43.5 Å². The van der Waals surface area contributed by atoms with Crippen LogP contribution in [0.15, 0.2) is 42.5 Å². The number of halogens is 1. The van der Waals surface area contributed by atoms with Crippen molar-refractivity contribution >= 4 is 41.6 Å². The second kappa shape index (κ2) is 16.7. The highest BCUT2D eigenvalue weighted by Gasteiger charge is 2.60. The zero-order valence-electron chi connectivity index (χ0n) is 28.2. The van der Waals surface area contributed by atoms with Crippen LogP contribution in [0.25, 0.3) is 0 Å². The summed E-state index contributed by atoms with van der Waals surface area (Å²) in [5.74, 6) is -9.54. The predicted molar refractivity (Wildman–Crippen MR) is 173 cm³/mol. The molecule has 3 rings (SSSR count). The number of carbonyl (C=O) groups excluding carboxylic acids is 4. The van der Waals surface area contributed by atoms with Gasteiger partial charge in [-0.1, -0.05) is 43.6 Å². The molecule has 0 bridgehead atoms. The van der Waals surface area contributed by atoms with E-state index in [1.165, 1.54) is 17.0 Å². The van der Waals surface area contributed by atoms with Crippen molar-refractivity contribution in [3.05, 3.63) is 58.6 Å². The van der Waals surface area contributed by atoms with Gasteiger partial charge in [0.25, 0.3) is 6.10 Å². The van der Waals surface area contributed by atoms with E-state index in [9.17, 15) is 34.2 Å². The Labute approximate surface area is 289 Å². The van der Waals surface area contributed by atoms with Crippen molar-refractivity contribution in [2.75, 3.05) is 19.8 Å². The second-order valence-electron chi connectivity index (χ2n) is 12.3. The average molecular weight is 708 g/mol. The van der Waals surface area contributed by atoms with Crippen molar-refractivity contribution in [2.24, 2.45) is 0 Å². The van der Waals surface area contributed by atoms with Crippen LogP contribution in [0.4, 0.5) is 4.79 Å². The van der Waals surface area contributed by atoms with Crippen molar-refractivity contribution in [1.29, 1.82) is 0 Å². The minimum Gasteiger partial charge on any atom is -0.475 e. The zero-order valence-corrected chi connectivity index (χ0v) is 29.0. The van der Waals surface area contributed by atoms with E-state index >= 15 is 0 Å². The molecule has 0 spiro atoms. The quantitative estimate of drug-likeness (QED) is 0.149. The summed E-state index contributed by atoms with van der Waals surface area (Å²) < 4.78 is 31.4. The molecule has 3 unspecified atom stereocenters. The third-order valence-corrected chi connectivity index (χ3v) is 7.15. The standard InChI is InChI=1S/C34H42ClNO13/c1-7-14-44-28(38)27(29(39)45-15-8-2)46-31(42)34(30(40)41)47-25-13-12-21(17-26(25)48-34)16-20(3)36(32(43)49-33(4,5)6)19-24(37)22-10-9-11-23(35)18-22/h9-13,17-18,20,24,27,37H,7-8,14-16,19H2,1-6H3,(H,40,41). The Morgan fingerprint density at radius 3 is 2.10 bits per heavy atom. The number of esters is 3. The molecule has 1 aliphatic rings. The molecule has 0 radical (unpaired) electrons. The number of carboxylic acid groups (broad SMARTS) is 1. The SMILES string of the molecule is CCCOC(=O)C(OC(=O)C1(C(=O)O)Oc2ccc(CC(C)N(CC(O)c3cccc(Cl)c3)C(=O)OC(C)(C)C)cc2O1)C(=O)OCCC. The van der Waals surface area contributed by atoms with Gasteiger partial charge in [-0.15, -0.1) is 0 Å². The highest BCUT2D eigenvalue weighted by Crippen LogP contribution is 2.41. The van der Waals surface area contributed by atoms with E-state index in [0.29, 0.717) is 29.0 Å². The highest BCUT2D eigenvalue weighted by atomic mass is 35.5. The van der Waals surface area contributed by atoms with Gasteiger partial charge in [0.2, 0.25) is 0 Å². The molecule has 0 saturated heterocycles. The van der Waals surface area contributed by atoms with Crippen LogP contribution in [-0.2, 0) is 44.5 Å². The Morgan fingerprint density at radius 2 is 1.55 bits per heavy atom. The van der Waals surface area contributed by atoms with Crippen molar-refractivity contribution in [2.45, 2.75) is 90.4 Å². The maximum absolute atomic E-state index is 13.3. The summed E-state index contributed by atoms with van der Waals surface area (Å²) in [4.78, 5) is 65.4. The molecule has 3 atom stereocenters. The molecule has 49 heavy (non-hydrogen) atoms. The Kier molecular flexibility index (Phi) is 13.3. The van der Waals surface area contributed by atoms with Crippen LogP contribution in [0.2, 0.25) is 5.02 Å². The van der Waals surface area contributed by atoms with Gasteiger partial charge in [-0.2, -0.15) is 0 Å². The zero-order chi connectivity index (χ0) is 36.5. The van der Waals surface area contributed by atoms with Crippen LogP contribution in [0.5, 0.6) is 11.5 Å². The van der Waals surface area contributed by atoms with Crippen molar-refractivity contribution in [1.82, 2.24) is 4.90 Å². The lowest BCUT2D eigenvalue weighted by Gasteiger charge is -2.33. The molecule has 15 heteroatoms. The largest absolute Gasteiger partial charge is 0.475 e. The van der Waals surface area contributed by atoms with Crippen LogP contribution < -0.4 is 9.47 Å². The summed E-state index contributed by atoms with van der Waals surface area (Å²) in [6.07, 6.45) is -3.05. The number of carboxylic acids is 1. The molecule has 14 nitrogen and oxygen atoms in total. The van der Waals surface area contributed by atoms with Crippen molar-refractivity contribution in [3.63, 3.8) is 0 Å². The van der Waals surface area contributed by atoms with Gasteiger partial charge in [-0.05, 0) is 82.3 Å². The number of benzene rings is 2. The molecule has 2 N–H and O–H groups in total. The number of amides is 1. The second-order valence-corrected chi connectivity index (χ2v) is 12.7. The van der Waals surface area contributed by atoms with Gasteiger partial charge >= 0.3 is 35.8 Å². The van der Waals surface area contributed by atoms with Crippen LogP contribution >= 0.6 is 11.6 Å². The average Bonchev–Trinajstić information content (AvgIpc) is 3.43. The lowest BCUT2D eigenvalue weighted by atomic mass is 10.0. The van der Waals surface area contributed by atoms with E-state index in [1.54, 1.807) is 71.9 Å². The maximum Gasteiger partial charge on any atom is 0.453 e. The third kappa shape index (κ3) is 10.2. The fourth-order valence-corrected chi connectivity index (χ4v) is 4.78. The number of ether oxygens (including phenoxy) is 6. The van der Waals surface area contributed by atoms with Crippen molar-refractivity contribution < 1.29 is 62.6 Å². The summed E-state index contributed by atoms with van der Waals surface area (Å²) in [5.41, 5.74) is 0.189. The van der Waals surface area contributed by atoms with Crippen molar-refractivity contribution in [3.8, 4) is 11.5 Å². The van der Waals surface area contributed by atoms with Gasteiger partial charge in [-0.3, -0.25) is 0 Å². The molecule has 1 heterocycles. The lowest BCUT2D eigenvalue weighted by Crippen LogP contribution is -2.57. The fourth-order valence-electron chi connectivity index (χ4n) is 4.58. The molecule has 268 valence electrons. The predicted octanol–water partition coefficient (Wildman–Crippen LogP) is 4.61. The van der Waals surface area contributed by atoms with Crippen LogP contribution in [0.3, 0.4) is 0 Å². The molecule has 0 saturated carbocycles. The monoisotopic (exact) mass is 707 g/mol. The molecule has 1 aliphatic heterocycles. The number of aliphatic carboxylic acids is 1. The summed E-state index contributed by atoms with van der Waals surface area (Å²) in [7, 11) is 0. The first-order chi connectivity index (χ1) is 23.0. The number of nitrogens with zero attached hydrogens (tertiary/aromatic N) is 1. The number of hydrogen-bond donors (Lipinski definition) is 2. The molecule has 0 fully saturated rings. The highest BCUT2D eigenvalue weighted by molar-refractivity contribution is 6.30. The fraction of sp³-hybridized carbons (Fsp3) is 0.500. The Hall–Kier alpha value is -4.56. The summed E-state index contributed by atoms with van der Waals surface area (Å²) in [6, 6.07) is 10.4. The van der Waals surface area contributed by atoms with Crippen LogP contribution in [-0.4, -0.2) is 88.4 Å². The van der Waals surface area contributed by atoms with Crippen LogP contribution in [0, 0.1) is 0 Å². The van der Waals surface area contributed by atoms with E-state index in [-0.39, 0.29) is 37.7 Å². The molecule has 0 aromatic heterocycles. The van der Waals surface area contributed by atoms with Gasteiger partial charge in [0.1, 0.15) is 5.60 Å². The van der Waals surface area contributed by atoms with E-state index in [1.807, 2.05) is 0 Å². The number of fused-ring (bicyclic) bond motifs is 1. The molecular weight excluding hydrogens is 666 g/mol. The molecule has 2 aromatic carbocycles. The normalized spacial score (nSPS) is 16.3. The molecule has 2 aromatic rings.